The van der Waals surface area contributed by atoms with Gasteiger partial charge in [0.15, 0.2) is 0 Å². The Labute approximate surface area is 152 Å². The first-order valence-corrected chi connectivity index (χ1v) is 7.92. The first kappa shape index (κ1) is 18.1. The second kappa shape index (κ2) is 6.89. The predicted octanol–water partition coefficient (Wildman–Crippen LogP) is 1.82. The highest BCUT2D eigenvalue weighted by molar-refractivity contribution is 6.11. The molecule has 1 fully saturated rings. The maximum absolute atomic E-state index is 12.1. The van der Waals surface area contributed by atoms with Gasteiger partial charge in [-0.3, -0.25) is 14.8 Å². The number of imide groups is 1. The average Bonchev–Trinajstić information content (AvgIpc) is 2.88. The van der Waals surface area contributed by atoms with Crippen molar-refractivity contribution in [3.05, 3.63) is 48.0 Å². The second-order valence-electron chi connectivity index (χ2n) is 5.92. The van der Waals surface area contributed by atoms with E-state index in [1.807, 2.05) is 30.3 Å². The number of carbonyl (C=O) groups excluding carboxylic acids is 2. The van der Waals surface area contributed by atoms with Crippen LogP contribution in [0, 0.1) is 0 Å². The van der Waals surface area contributed by atoms with Gasteiger partial charge in [0.1, 0.15) is 0 Å². The molecule has 1 aliphatic rings. The van der Waals surface area contributed by atoms with Crippen LogP contribution in [0.2, 0.25) is 0 Å². The van der Waals surface area contributed by atoms with E-state index in [0.717, 1.165) is 10.9 Å². The van der Waals surface area contributed by atoms with E-state index in [9.17, 15) is 14.8 Å². The first-order chi connectivity index (χ1) is 12.8. The lowest BCUT2D eigenvalue weighted by Gasteiger charge is -2.14. The molecule has 3 aromatic rings. The maximum atomic E-state index is 12.1. The van der Waals surface area contributed by atoms with Crippen molar-refractivity contribution < 1.29 is 24.7 Å². The van der Waals surface area contributed by atoms with Gasteiger partial charge in [0.05, 0.1) is 22.6 Å². The quantitative estimate of drug-likeness (QED) is 0.289. The smallest absolute Gasteiger partial charge is 0.402 e. The monoisotopic (exact) mass is 368 g/mol. The van der Waals surface area contributed by atoms with Crippen LogP contribution in [0.4, 0.5) is 10.5 Å². The summed E-state index contributed by atoms with van der Waals surface area (Å²) in [4.78, 5) is 37.1. The lowest BCUT2D eigenvalue weighted by atomic mass is 9.92. The molecule has 3 amide bonds. The third-order valence-corrected chi connectivity index (χ3v) is 4.28. The van der Waals surface area contributed by atoms with Gasteiger partial charge in [-0.2, -0.15) is 5.06 Å². The van der Waals surface area contributed by atoms with Crippen LogP contribution in [-0.2, 0) is 9.59 Å². The number of hydroxylamine groups is 2. The van der Waals surface area contributed by atoms with Crippen molar-refractivity contribution in [2.75, 3.05) is 5.73 Å². The summed E-state index contributed by atoms with van der Waals surface area (Å²) in [7, 11) is 0. The molecule has 0 spiro atoms. The molecule has 4 rings (SSSR count). The van der Waals surface area contributed by atoms with Gasteiger partial charge >= 0.3 is 6.09 Å². The largest absolute Gasteiger partial charge is 0.465 e. The number of nitrogens with zero attached hydrogens (tertiary/aromatic N) is 2. The van der Waals surface area contributed by atoms with Gasteiger partial charge in [-0.05, 0) is 17.7 Å². The van der Waals surface area contributed by atoms with Gasteiger partial charge in [0.25, 0.3) is 11.8 Å². The molecule has 27 heavy (non-hydrogen) atoms. The van der Waals surface area contributed by atoms with Crippen molar-refractivity contribution >= 4 is 45.4 Å². The fraction of sp³-hybridized carbons (Fsp3) is 0.111. The molecular formula is C18H16N4O5. The normalized spacial score (nSPS) is 16.5. The molecule has 9 heteroatoms. The first-order valence-electron chi connectivity index (χ1n) is 7.92. The van der Waals surface area contributed by atoms with Crippen LogP contribution < -0.4 is 11.5 Å². The molecule has 1 aromatic heterocycles. The summed E-state index contributed by atoms with van der Waals surface area (Å²) >= 11 is 0. The minimum atomic E-state index is -1.33. The number of hydrogen-bond acceptors (Lipinski definition) is 6. The minimum absolute atomic E-state index is 0.0687. The number of nitrogens with two attached hydrogens (primary N) is 2. The van der Waals surface area contributed by atoms with Crippen LogP contribution in [0.15, 0.2) is 42.5 Å². The topological polar surface area (TPSA) is 160 Å². The van der Waals surface area contributed by atoms with Crippen molar-refractivity contribution in [1.29, 1.82) is 0 Å². The van der Waals surface area contributed by atoms with E-state index in [1.54, 1.807) is 12.1 Å². The molecule has 1 unspecified atom stereocenters. The molecule has 0 radical (unpaired) electrons. The number of fused-ring (bicyclic) bond motifs is 2. The molecule has 1 saturated heterocycles. The number of hydrogen-bond donors (Lipinski definition) is 4. The van der Waals surface area contributed by atoms with E-state index in [2.05, 4.69) is 10.7 Å². The van der Waals surface area contributed by atoms with E-state index in [-0.39, 0.29) is 11.5 Å². The van der Waals surface area contributed by atoms with Crippen molar-refractivity contribution in [3.8, 4) is 0 Å². The summed E-state index contributed by atoms with van der Waals surface area (Å²) in [6.45, 7) is 0. The lowest BCUT2D eigenvalue weighted by molar-refractivity contribution is -0.171. The van der Waals surface area contributed by atoms with Crippen molar-refractivity contribution in [2.45, 2.75) is 12.3 Å². The summed E-state index contributed by atoms with van der Waals surface area (Å²) < 4.78 is 0. The van der Waals surface area contributed by atoms with Gasteiger partial charge in [0, 0.05) is 17.2 Å². The maximum Gasteiger partial charge on any atom is 0.402 e. The van der Waals surface area contributed by atoms with E-state index in [4.69, 9.17) is 15.6 Å². The fourth-order valence-corrected chi connectivity index (χ4v) is 3.16. The lowest BCUT2D eigenvalue weighted by Crippen LogP contribution is -2.26. The fourth-order valence-electron chi connectivity index (χ4n) is 3.16. The summed E-state index contributed by atoms with van der Waals surface area (Å²) in [6.07, 6.45) is -1.40. The number of primary amides is 1. The molecule has 2 aromatic carbocycles. The highest BCUT2D eigenvalue weighted by Gasteiger charge is 2.40. The zero-order valence-electron chi connectivity index (χ0n) is 14.0. The van der Waals surface area contributed by atoms with E-state index in [1.165, 1.54) is 0 Å². The standard InChI is InChI=1S/C17H13N3O3.CH3NO2/c18-16-10-4-1-2-6-12(10)19-13-7-3-5-9(15(13)16)11-8-14(21)20(23)17(11)22;2-1(3)4/h1-7,11,23H,8H2,(H2,18,19);2H2,(H,3,4). The Balaban J connectivity index is 0.000000481. The molecule has 0 aliphatic carbocycles. The van der Waals surface area contributed by atoms with E-state index >= 15 is 0 Å². The number of anilines is 1. The van der Waals surface area contributed by atoms with Crippen LogP contribution in [0.1, 0.15) is 17.9 Å². The number of benzene rings is 2. The average molecular weight is 368 g/mol. The Morgan fingerprint density at radius 3 is 2.37 bits per heavy atom. The van der Waals surface area contributed by atoms with Crippen molar-refractivity contribution in [3.63, 3.8) is 0 Å². The number of carbonyl (C=O) groups is 3. The van der Waals surface area contributed by atoms with Crippen LogP contribution in [0.25, 0.3) is 21.8 Å². The highest BCUT2D eigenvalue weighted by atomic mass is 16.5. The van der Waals surface area contributed by atoms with E-state index < -0.39 is 23.8 Å². The SMILES string of the molecule is NC(=O)O.Nc1c2ccccc2nc2cccc(C3CC(=O)N(O)C3=O)c12. The molecular weight excluding hydrogens is 352 g/mol. The van der Waals surface area contributed by atoms with Crippen molar-refractivity contribution in [2.24, 2.45) is 5.73 Å². The second-order valence-corrected chi connectivity index (χ2v) is 5.92. The molecule has 1 aliphatic heterocycles. The number of pyridine rings is 1. The van der Waals surface area contributed by atoms with E-state index in [0.29, 0.717) is 22.2 Å². The summed E-state index contributed by atoms with van der Waals surface area (Å²) in [5, 5.41) is 18.3. The zero-order valence-corrected chi connectivity index (χ0v) is 14.0. The summed E-state index contributed by atoms with van der Waals surface area (Å²) in [5.74, 6) is -1.97. The van der Waals surface area contributed by atoms with Gasteiger partial charge < -0.3 is 16.6 Å². The number of rotatable bonds is 1. The number of carboxylic acid groups (broad SMARTS) is 1. The molecule has 9 nitrogen and oxygen atoms in total. The summed E-state index contributed by atoms with van der Waals surface area (Å²) in [6, 6.07) is 12.8. The molecule has 1 atom stereocenters. The van der Waals surface area contributed by atoms with Gasteiger partial charge in [-0.1, -0.05) is 30.3 Å². The van der Waals surface area contributed by atoms with Crippen LogP contribution >= 0.6 is 0 Å². The molecule has 6 N–H and O–H groups in total. The third kappa shape index (κ3) is 3.23. The van der Waals surface area contributed by atoms with Gasteiger partial charge in [0.2, 0.25) is 0 Å². The molecule has 138 valence electrons. The van der Waals surface area contributed by atoms with Crippen LogP contribution in [0.5, 0.6) is 0 Å². The van der Waals surface area contributed by atoms with Gasteiger partial charge in [-0.15, -0.1) is 0 Å². The zero-order chi connectivity index (χ0) is 19.7. The molecule has 0 saturated carbocycles. The van der Waals surface area contributed by atoms with Crippen molar-refractivity contribution in [1.82, 2.24) is 10.0 Å². The predicted molar refractivity (Wildman–Crippen MR) is 96.9 cm³/mol. The minimum Gasteiger partial charge on any atom is -0.465 e. The molecule has 2 heterocycles. The number of aromatic nitrogens is 1. The van der Waals surface area contributed by atoms with Gasteiger partial charge in [-0.25, -0.2) is 9.78 Å². The Kier molecular flexibility index (Phi) is 4.61. The Morgan fingerprint density at radius 2 is 1.74 bits per heavy atom. The Morgan fingerprint density at radius 1 is 1.11 bits per heavy atom. The number of amides is 3. The highest BCUT2D eigenvalue weighted by Crippen LogP contribution is 2.37. The number of para-hydroxylation sites is 1. The van der Waals surface area contributed by atoms with Crippen LogP contribution in [0.3, 0.4) is 0 Å². The third-order valence-electron chi connectivity index (χ3n) is 4.28. The Hall–Kier alpha value is -3.72. The number of nitrogen functional groups attached to an aromatic ring is 1. The summed E-state index contributed by atoms with van der Waals surface area (Å²) in [5.41, 5.74) is 12.9. The Bertz CT molecular complexity index is 1080. The molecule has 0 bridgehead atoms. The van der Waals surface area contributed by atoms with Crippen LogP contribution in [-0.4, -0.2) is 38.3 Å².